The van der Waals surface area contributed by atoms with Crippen LogP contribution in [0.2, 0.25) is 0 Å². The van der Waals surface area contributed by atoms with E-state index in [0.717, 1.165) is 12.8 Å². The molecule has 2 aromatic rings. The number of carbonyl (C=O) groups excluding carboxylic acids is 1. The van der Waals surface area contributed by atoms with E-state index in [1.807, 2.05) is 32.6 Å². The average Bonchev–Trinajstić information content (AvgIpc) is 2.76. The van der Waals surface area contributed by atoms with Gasteiger partial charge >= 0.3 is 0 Å². The maximum Gasteiger partial charge on any atom is 0.254 e. The van der Waals surface area contributed by atoms with E-state index in [1.165, 1.54) is 0 Å². The molecule has 31 heavy (non-hydrogen) atoms. The predicted octanol–water partition coefficient (Wildman–Crippen LogP) is 3.66. The minimum absolute atomic E-state index is 0.0247. The van der Waals surface area contributed by atoms with E-state index in [2.05, 4.69) is 9.97 Å². The summed E-state index contributed by atoms with van der Waals surface area (Å²) in [6, 6.07) is 5.24. The van der Waals surface area contributed by atoms with Gasteiger partial charge in [0.05, 0.1) is 19.8 Å². The number of hydrogen-bond acceptors (Lipinski definition) is 7. The summed E-state index contributed by atoms with van der Waals surface area (Å²) in [5.74, 6) is 2.78. The molecule has 0 N–H and O–H groups in total. The largest absolute Gasteiger partial charge is 0.490 e. The quantitative estimate of drug-likeness (QED) is 0.601. The number of likely N-dealkylation sites (tertiary alicyclic amines) is 1. The van der Waals surface area contributed by atoms with Crippen molar-refractivity contribution in [3.8, 4) is 23.1 Å². The van der Waals surface area contributed by atoms with E-state index in [0.29, 0.717) is 67.4 Å². The van der Waals surface area contributed by atoms with Crippen LogP contribution in [0.5, 0.6) is 23.1 Å². The predicted molar refractivity (Wildman–Crippen MR) is 116 cm³/mol. The SMILES string of the molecule is CCOc1cc(C(=O)N2CCC(Oc3ccnc(C)n3)CC2)cc(OCC)c1OCC. The molecule has 0 radical (unpaired) electrons. The van der Waals surface area contributed by atoms with Gasteiger partial charge in [-0.1, -0.05) is 0 Å². The third-order valence-corrected chi connectivity index (χ3v) is 4.92. The van der Waals surface area contributed by atoms with E-state index >= 15 is 0 Å². The first kappa shape index (κ1) is 22.7. The van der Waals surface area contributed by atoms with Crippen molar-refractivity contribution in [2.75, 3.05) is 32.9 Å². The zero-order valence-electron chi connectivity index (χ0n) is 18.7. The lowest BCUT2D eigenvalue weighted by Crippen LogP contribution is -2.41. The minimum atomic E-state index is -0.0544. The lowest BCUT2D eigenvalue weighted by atomic mass is 10.1. The second kappa shape index (κ2) is 10.8. The van der Waals surface area contributed by atoms with Crippen LogP contribution < -0.4 is 18.9 Å². The fraction of sp³-hybridized carbons (Fsp3) is 0.522. The molecule has 1 aromatic heterocycles. The van der Waals surface area contributed by atoms with Gasteiger partial charge in [0.25, 0.3) is 5.91 Å². The third-order valence-electron chi connectivity index (χ3n) is 4.92. The fourth-order valence-electron chi connectivity index (χ4n) is 3.54. The summed E-state index contributed by atoms with van der Waals surface area (Å²) in [5, 5.41) is 0. The smallest absolute Gasteiger partial charge is 0.254 e. The van der Waals surface area contributed by atoms with Crippen molar-refractivity contribution in [3.05, 3.63) is 35.8 Å². The molecular weight excluding hydrogens is 398 g/mol. The summed E-state index contributed by atoms with van der Waals surface area (Å²) in [4.78, 5) is 23.4. The standard InChI is InChI=1S/C23H31N3O5/c1-5-28-19-14-17(15-20(29-6-2)22(19)30-7-3)23(27)26-12-9-18(10-13-26)31-21-8-11-24-16(4)25-21/h8,11,14-15,18H,5-7,9-10,12-13H2,1-4H3. The van der Waals surface area contributed by atoms with Crippen LogP contribution in [0.15, 0.2) is 24.4 Å². The van der Waals surface area contributed by atoms with Crippen LogP contribution in [0, 0.1) is 6.92 Å². The molecule has 1 saturated heterocycles. The lowest BCUT2D eigenvalue weighted by molar-refractivity contribution is 0.0586. The van der Waals surface area contributed by atoms with Crippen LogP contribution >= 0.6 is 0 Å². The van der Waals surface area contributed by atoms with E-state index in [-0.39, 0.29) is 12.0 Å². The second-order valence-electron chi connectivity index (χ2n) is 7.15. The third kappa shape index (κ3) is 5.77. The van der Waals surface area contributed by atoms with Crippen LogP contribution in [0.4, 0.5) is 0 Å². The Morgan fingerprint density at radius 3 is 2.19 bits per heavy atom. The van der Waals surface area contributed by atoms with Crippen LogP contribution in [0.3, 0.4) is 0 Å². The normalized spacial score (nSPS) is 14.3. The molecule has 0 atom stereocenters. The molecule has 168 valence electrons. The molecule has 0 bridgehead atoms. The number of carbonyl (C=O) groups is 1. The van der Waals surface area contributed by atoms with Gasteiger partial charge in [0, 0.05) is 43.8 Å². The van der Waals surface area contributed by atoms with Crippen molar-refractivity contribution in [1.29, 1.82) is 0 Å². The highest BCUT2D eigenvalue weighted by molar-refractivity contribution is 5.95. The summed E-state index contributed by atoms with van der Waals surface area (Å²) in [7, 11) is 0. The molecule has 8 heteroatoms. The zero-order valence-corrected chi connectivity index (χ0v) is 18.7. The van der Waals surface area contributed by atoms with Crippen molar-refractivity contribution in [2.24, 2.45) is 0 Å². The molecule has 8 nitrogen and oxygen atoms in total. The number of nitrogens with zero attached hydrogens (tertiary/aromatic N) is 3. The Balaban J connectivity index is 1.70. The summed E-state index contributed by atoms with van der Waals surface area (Å²) < 4.78 is 23.2. The van der Waals surface area contributed by atoms with E-state index in [9.17, 15) is 4.79 Å². The molecule has 0 spiro atoms. The summed E-state index contributed by atoms with van der Waals surface area (Å²) in [5.41, 5.74) is 0.529. The summed E-state index contributed by atoms with van der Waals surface area (Å²) >= 11 is 0. The first-order valence-corrected chi connectivity index (χ1v) is 10.9. The Labute approximate surface area is 183 Å². The van der Waals surface area contributed by atoms with Gasteiger partial charge in [-0.3, -0.25) is 4.79 Å². The van der Waals surface area contributed by atoms with Gasteiger partial charge in [0.2, 0.25) is 11.6 Å². The van der Waals surface area contributed by atoms with E-state index in [4.69, 9.17) is 18.9 Å². The summed E-state index contributed by atoms with van der Waals surface area (Å²) in [6.45, 7) is 10.2. The molecule has 2 heterocycles. The first-order valence-electron chi connectivity index (χ1n) is 10.9. The molecule has 0 saturated carbocycles. The molecule has 0 unspecified atom stereocenters. The number of aromatic nitrogens is 2. The van der Waals surface area contributed by atoms with Crippen LogP contribution in [-0.2, 0) is 0 Å². The van der Waals surface area contributed by atoms with Gasteiger partial charge in [-0.2, -0.15) is 4.98 Å². The van der Waals surface area contributed by atoms with Crippen molar-refractivity contribution >= 4 is 5.91 Å². The topological polar surface area (TPSA) is 83.0 Å². The van der Waals surface area contributed by atoms with Crippen molar-refractivity contribution < 1.29 is 23.7 Å². The molecule has 0 aliphatic carbocycles. The van der Waals surface area contributed by atoms with Gasteiger partial charge in [0.15, 0.2) is 11.5 Å². The van der Waals surface area contributed by atoms with E-state index in [1.54, 1.807) is 24.4 Å². The second-order valence-corrected chi connectivity index (χ2v) is 7.15. The number of ether oxygens (including phenoxy) is 4. The number of piperidine rings is 1. The molecule has 1 aliphatic rings. The van der Waals surface area contributed by atoms with Gasteiger partial charge < -0.3 is 23.8 Å². The monoisotopic (exact) mass is 429 g/mol. The summed E-state index contributed by atoms with van der Waals surface area (Å²) in [6.07, 6.45) is 3.19. The van der Waals surface area contributed by atoms with Crippen molar-refractivity contribution in [3.63, 3.8) is 0 Å². The number of rotatable bonds is 9. The Bertz CT molecular complexity index is 854. The average molecular weight is 430 g/mol. The minimum Gasteiger partial charge on any atom is -0.490 e. The molecule has 1 amide bonds. The van der Waals surface area contributed by atoms with Gasteiger partial charge in [-0.05, 0) is 39.8 Å². The van der Waals surface area contributed by atoms with Crippen LogP contribution in [-0.4, -0.2) is 59.8 Å². The van der Waals surface area contributed by atoms with Crippen molar-refractivity contribution in [1.82, 2.24) is 14.9 Å². The Kier molecular flexibility index (Phi) is 7.92. The van der Waals surface area contributed by atoms with Gasteiger partial charge in [-0.25, -0.2) is 4.98 Å². The van der Waals surface area contributed by atoms with Crippen LogP contribution in [0.1, 0.15) is 49.8 Å². The highest BCUT2D eigenvalue weighted by atomic mass is 16.5. The Hall–Kier alpha value is -3.03. The maximum absolute atomic E-state index is 13.2. The highest BCUT2D eigenvalue weighted by Crippen LogP contribution is 2.39. The lowest BCUT2D eigenvalue weighted by Gasteiger charge is -2.32. The fourth-order valence-corrected chi connectivity index (χ4v) is 3.54. The number of benzene rings is 1. The number of hydrogen-bond donors (Lipinski definition) is 0. The molecule has 1 aliphatic heterocycles. The zero-order chi connectivity index (χ0) is 22.2. The number of amides is 1. The molecule has 3 rings (SSSR count). The number of aryl methyl sites for hydroxylation is 1. The van der Waals surface area contributed by atoms with E-state index < -0.39 is 0 Å². The van der Waals surface area contributed by atoms with Crippen molar-refractivity contribution in [2.45, 2.75) is 46.6 Å². The highest BCUT2D eigenvalue weighted by Gasteiger charge is 2.27. The van der Waals surface area contributed by atoms with Crippen LogP contribution in [0.25, 0.3) is 0 Å². The Morgan fingerprint density at radius 1 is 1.03 bits per heavy atom. The molecule has 1 aromatic carbocycles. The van der Waals surface area contributed by atoms with Gasteiger partial charge in [-0.15, -0.1) is 0 Å². The molecular formula is C23H31N3O5. The van der Waals surface area contributed by atoms with Gasteiger partial charge in [0.1, 0.15) is 11.9 Å². The Morgan fingerprint density at radius 2 is 1.65 bits per heavy atom. The molecule has 1 fully saturated rings. The first-order chi connectivity index (χ1) is 15.0. The maximum atomic E-state index is 13.2.